The zero-order valence-electron chi connectivity index (χ0n) is 21.0. The van der Waals surface area contributed by atoms with Crippen molar-refractivity contribution >= 4 is 29.4 Å². The number of likely N-dealkylation sites (tertiary alicyclic amines) is 1. The highest BCUT2D eigenvalue weighted by Crippen LogP contribution is 2.33. The number of piperidine rings is 1. The summed E-state index contributed by atoms with van der Waals surface area (Å²) in [6.07, 6.45) is 5.28. The SMILES string of the molecule is C=C(c1ccnc(-c2cccc(C)c2)c1)N1CCCC(CCOc2cccc3c2C(=NC)NSN3)C1. The Morgan fingerprint density at radius 2 is 2.08 bits per heavy atom. The maximum atomic E-state index is 6.27. The second kappa shape index (κ2) is 11.1. The van der Waals surface area contributed by atoms with Gasteiger partial charge in [-0.25, -0.2) is 0 Å². The van der Waals surface area contributed by atoms with Crippen molar-refractivity contribution in [1.82, 2.24) is 14.6 Å². The molecular formula is C29H33N5OS. The van der Waals surface area contributed by atoms with Crippen LogP contribution in [0.25, 0.3) is 17.0 Å². The summed E-state index contributed by atoms with van der Waals surface area (Å²) >= 11 is 1.42. The molecule has 0 bridgehead atoms. The summed E-state index contributed by atoms with van der Waals surface area (Å²) in [5.41, 5.74) is 7.61. The first-order chi connectivity index (χ1) is 17.6. The summed E-state index contributed by atoms with van der Waals surface area (Å²) < 4.78 is 12.8. The lowest BCUT2D eigenvalue weighted by Gasteiger charge is -2.36. The maximum Gasteiger partial charge on any atom is 0.145 e. The quantitative estimate of drug-likeness (QED) is 0.380. The fraction of sp³-hybridized carbons (Fsp3) is 0.310. The molecular weight excluding hydrogens is 466 g/mol. The van der Waals surface area contributed by atoms with Crippen molar-refractivity contribution in [3.63, 3.8) is 0 Å². The van der Waals surface area contributed by atoms with E-state index in [-0.39, 0.29) is 0 Å². The van der Waals surface area contributed by atoms with Crippen LogP contribution in [-0.4, -0.2) is 42.5 Å². The van der Waals surface area contributed by atoms with Crippen LogP contribution >= 0.6 is 12.1 Å². The molecule has 36 heavy (non-hydrogen) atoms. The smallest absolute Gasteiger partial charge is 0.145 e. The first-order valence-electron chi connectivity index (χ1n) is 12.5. The van der Waals surface area contributed by atoms with Crippen molar-refractivity contribution in [1.29, 1.82) is 0 Å². The summed E-state index contributed by atoms with van der Waals surface area (Å²) in [6.45, 7) is 9.29. The number of pyridine rings is 1. The maximum absolute atomic E-state index is 6.27. The van der Waals surface area contributed by atoms with E-state index in [9.17, 15) is 0 Å². The zero-order valence-corrected chi connectivity index (χ0v) is 21.8. The third-order valence-corrected chi connectivity index (χ3v) is 7.50. The molecule has 2 N–H and O–H groups in total. The van der Waals surface area contributed by atoms with Gasteiger partial charge in [-0.1, -0.05) is 36.4 Å². The first-order valence-corrected chi connectivity index (χ1v) is 13.3. The molecule has 0 aliphatic carbocycles. The van der Waals surface area contributed by atoms with Crippen molar-refractivity contribution < 1.29 is 4.74 Å². The van der Waals surface area contributed by atoms with E-state index in [0.29, 0.717) is 12.5 Å². The molecule has 1 saturated heterocycles. The van der Waals surface area contributed by atoms with E-state index in [1.54, 1.807) is 7.05 Å². The number of aryl methyl sites for hydroxylation is 1. The molecule has 186 valence electrons. The number of hydrogen-bond donors (Lipinski definition) is 2. The Balaban J connectivity index is 1.21. The van der Waals surface area contributed by atoms with Crippen molar-refractivity contribution in [3.05, 3.63) is 84.1 Å². The topological polar surface area (TPSA) is 61.8 Å². The first kappa shape index (κ1) is 24.3. The number of aliphatic imine (C=N–C) groups is 1. The lowest BCUT2D eigenvalue weighted by molar-refractivity contribution is 0.201. The van der Waals surface area contributed by atoms with Gasteiger partial charge in [-0.05, 0) is 62.4 Å². The molecule has 0 spiro atoms. The molecule has 0 radical (unpaired) electrons. The molecule has 2 aromatic carbocycles. The van der Waals surface area contributed by atoms with Crippen LogP contribution in [0.2, 0.25) is 0 Å². The Morgan fingerprint density at radius 1 is 1.19 bits per heavy atom. The van der Waals surface area contributed by atoms with E-state index >= 15 is 0 Å². The van der Waals surface area contributed by atoms with Gasteiger partial charge < -0.3 is 14.4 Å². The molecule has 0 amide bonds. The van der Waals surface area contributed by atoms with Crippen LogP contribution < -0.4 is 14.2 Å². The van der Waals surface area contributed by atoms with Gasteiger partial charge in [-0.2, -0.15) is 0 Å². The number of hydrogen-bond acceptors (Lipinski definition) is 6. The summed E-state index contributed by atoms with van der Waals surface area (Å²) in [7, 11) is 1.80. The number of benzene rings is 2. The number of aromatic nitrogens is 1. The van der Waals surface area contributed by atoms with E-state index in [1.807, 2.05) is 18.3 Å². The van der Waals surface area contributed by atoms with E-state index < -0.39 is 0 Å². The molecule has 2 aliphatic rings. The molecule has 3 heterocycles. The molecule has 0 saturated carbocycles. The number of amidine groups is 1. The normalized spacial score (nSPS) is 18.2. The average molecular weight is 500 g/mol. The Morgan fingerprint density at radius 3 is 2.94 bits per heavy atom. The van der Waals surface area contributed by atoms with Crippen molar-refractivity contribution in [3.8, 4) is 17.0 Å². The highest BCUT2D eigenvalue weighted by Gasteiger charge is 2.23. The van der Waals surface area contributed by atoms with E-state index in [0.717, 1.165) is 71.3 Å². The average Bonchev–Trinajstić information content (AvgIpc) is 2.92. The summed E-state index contributed by atoms with van der Waals surface area (Å²) in [6, 6.07) is 18.8. The predicted octanol–water partition coefficient (Wildman–Crippen LogP) is 6.16. The van der Waals surface area contributed by atoms with Gasteiger partial charge in [0, 0.05) is 43.2 Å². The molecule has 3 aromatic rings. The number of ether oxygens (including phenoxy) is 1. The van der Waals surface area contributed by atoms with Crippen molar-refractivity contribution in [2.24, 2.45) is 10.9 Å². The van der Waals surface area contributed by atoms with Gasteiger partial charge >= 0.3 is 0 Å². The second-order valence-corrected chi connectivity index (χ2v) is 10.0. The van der Waals surface area contributed by atoms with Crippen molar-refractivity contribution in [2.45, 2.75) is 26.2 Å². The number of nitrogens with one attached hydrogen (secondary N) is 2. The monoisotopic (exact) mass is 499 g/mol. The van der Waals surface area contributed by atoms with Crippen LogP contribution in [0, 0.1) is 12.8 Å². The third-order valence-electron chi connectivity index (χ3n) is 6.89. The van der Waals surface area contributed by atoms with Gasteiger partial charge in [-0.3, -0.25) is 14.7 Å². The highest BCUT2D eigenvalue weighted by atomic mass is 32.2. The lowest BCUT2D eigenvalue weighted by Crippen LogP contribution is -2.34. The van der Waals surface area contributed by atoms with Crippen LogP contribution in [0.3, 0.4) is 0 Å². The molecule has 1 atom stereocenters. The fourth-order valence-electron chi connectivity index (χ4n) is 4.95. The molecule has 5 rings (SSSR count). The van der Waals surface area contributed by atoms with Gasteiger partial charge in [-0.15, -0.1) is 0 Å². The number of fused-ring (bicyclic) bond motifs is 1. The summed E-state index contributed by atoms with van der Waals surface area (Å²) in [4.78, 5) is 11.4. The molecule has 1 fully saturated rings. The molecule has 7 heteroatoms. The second-order valence-electron chi connectivity index (χ2n) is 9.39. The minimum Gasteiger partial charge on any atom is -0.493 e. The van der Waals surface area contributed by atoms with Crippen LogP contribution in [0.5, 0.6) is 5.75 Å². The van der Waals surface area contributed by atoms with Crippen LogP contribution in [-0.2, 0) is 0 Å². The Bertz CT molecular complexity index is 1270. The van der Waals surface area contributed by atoms with Crippen molar-refractivity contribution in [2.75, 3.05) is 31.5 Å². The van der Waals surface area contributed by atoms with Gasteiger partial charge in [0.25, 0.3) is 0 Å². The molecule has 1 unspecified atom stereocenters. The highest BCUT2D eigenvalue weighted by molar-refractivity contribution is 7.99. The summed E-state index contributed by atoms with van der Waals surface area (Å²) in [5, 5.41) is 0. The Kier molecular flexibility index (Phi) is 7.47. The molecule has 1 aromatic heterocycles. The van der Waals surface area contributed by atoms with Crippen LogP contribution in [0.4, 0.5) is 5.69 Å². The van der Waals surface area contributed by atoms with E-state index in [1.165, 1.54) is 24.1 Å². The van der Waals surface area contributed by atoms with Gasteiger partial charge in [0.2, 0.25) is 0 Å². The number of anilines is 1. The van der Waals surface area contributed by atoms with Gasteiger partial charge in [0.05, 0.1) is 35.7 Å². The minimum atomic E-state index is 0.569. The lowest BCUT2D eigenvalue weighted by atomic mass is 9.94. The zero-order chi connectivity index (χ0) is 24.9. The standard InChI is InChI=1S/C29H33N5OS/c1-20-7-4-9-24(17-20)26-18-23(12-14-31-26)21(2)34-15-6-8-22(19-34)13-16-35-27-11-5-10-25-28(27)29(30-3)33-36-32-25/h4-5,7,9-12,14,17-18,22,32H,2,6,8,13,15-16,19H2,1,3H3,(H,30,33). The van der Waals surface area contributed by atoms with E-state index in [4.69, 9.17) is 4.74 Å². The predicted molar refractivity (Wildman–Crippen MR) is 151 cm³/mol. The summed E-state index contributed by atoms with van der Waals surface area (Å²) in [5.74, 6) is 2.28. The Labute approximate surface area is 218 Å². The van der Waals surface area contributed by atoms with Crippen LogP contribution in [0.15, 0.2) is 72.4 Å². The van der Waals surface area contributed by atoms with Gasteiger partial charge in [0.15, 0.2) is 0 Å². The largest absolute Gasteiger partial charge is 0.493 e. The Hall–Kier alpha value is -3.45. The number of nitrogens with zero attached hydrogens (tertiary/aromatic N) is 3. The van der Waals surface area contributed by atoms with E-state index in [2.05, 4.69) is 80.3 Å². The minimum absolute atomic E-state index is 0.569. The number of rotatable bonds is 7. The molecule has 2 aliphatic heterocycles. The third kappa shape index (κ3) is 5.36. The van der Waals surface area contributed by atoms with Gasteiger partial charge in [0.1, 0.15) is 11.6 Å². The van der Waals surface area contributed by atoms with Crippen LogP contribution in [0.1, 0.15) is 36.0 Å². The molecule has 6 nitrogen and oxygen atoms in total. The fourth-order valence-corrected chi connectivity index (χ4v) is 5.58.